The second-order valence-corrected chi connectivity index (χ2v) is 7.10. The first-order chi connectivity index (χ1) is 12.7. The van der Waals surface area contributed by atoms with Gasteiger partial charge in [-0.3, -0.25) is 4.79 Å². The van der Waals surface area contributed by atoms with Gasteiger partial charge in [0, 0.05) is 12.0 Å². The van der Waals surface area contributed by atoms with Gasteiger partial charge in [-0.25, -0.2) is 4.98 Å². The number of aromatic hydroxyl groups is 1. The maximum Gasteiger partial charge on any atom is 0.416 e. The highest BCUT2D eigenvalue weighted by Crippen LogP contribution is 2.33. The average Bonchev–Trinajstić information content (AvgIpc) is 3.02. The van der Waals surface area contributed by atoms with Gasteiger partial charge in [-0.1, -0.05) is 24.3 Å². The van der Waals surface area contributed by atoms with Crippen molar-refractivity contribution in [2.75, 3.05) is 0 Å². The van der Waals surface area contributed by atoms with Crippen molar-refractivity contribution in [1.29, 1.82) is 0 Å². The maximum absolute atomic E-state index is 12.7. The number of carbonyl (C=O) groups is 1. The van der Waals surface area contributed by atoms with Gasteiger partial charge in [-0.2, -0.15) is 13.2 Å². The third kappa shape index (κ3) is 4.54. The molecule has 0 unspecified atom stereocenters. The zero-order chi connectivity index (χ0) is 19.6. The van der Waals surface area contributed by atoms with E-state index in [1.165, 1.54) is 23.5 Å². The molecular formula is C20H16F3NO2S. The minimum Gasteiger partial charge on any atom is -0.508 e. The van der Waals surface area contributed by atoms with Gasteiger partial charge < -0.3 is 5.11 Å². The molecule has 0 radical (unpaired) electrons. The summed E-state index contributed by atoms with van der Waals surface area (Å²) in [5.74, 6) is 0.112. The zero-order valence-electron chi connectivity index (χ0n) is 14.4. The van der Waals surface area contributed by atoms with Gasteiger partial charge in [-0.15, -0.1) is 11.3 Å². The zero-order valence-corrected chi connectivity index (χ0v) is 15.2. The van der Waals surface area contributed by atoms with Crippen molar-refractivity contribution in [3.05, 3.63) is 70.2 Å². The van der Waals surface area contributed by atoms with Crippen molar-refractivity contribution in [2.24, 2.45) is 0 Å². The van der Waals surface area contributed by atoms with Crippen LogP contribution in [0, 0.1) is 6.92 Å². The minimum absolute atomic E-state index is 0.0590. The van der Waals surface area contributed by atoms with Crippen LogP contribution in [0.2, 0.25) is 0 Å². The molecule has 0 atom stereocenters. The number of aryl methyl sites for hydroxylation is 2. The van der Waals surface area contributed by atoms with Crippen LogP contribution in [0.1, 0.15) is 32.9 Å². The van der Waals surface area contributed by atoms with Crippen LogP contribution in [0.15, 0.2) is 48.5 Å². The fourth-order valence-electron chi connectivity index (χ4n) is 2.61. The lowest BCUT2D eigenvalue weighted by Gasteiger charge is -2.06. The molecule has 140 valence electrons. The van der Waals surface area contributed by atoms with Crippen LogP contribution in [0.5, 0.6) is 5.75 Å². The van der Waals surface area contributed by atoms with Crippen LogP contribution in [0.25, 0.3) is 10.6 Å². The van der Waals surface area contributed by atoms with E-state index in [2.05, 4.69) is 4.98 Å². The summed E-state index contributed by atoms with van der Waals surface area (Å²) in [6.45, 7) is 1.72. The van der Waals surface area contributed by atoms with Gasteiger partial charge in [0.25, 0.3) is 0 Å². The Morgan fingerprint density at radius 3 is 2.30 bits per heavy atom. The molecule has 0 aliphatic heterocycles. The van der Waals surface area contributed by atoms with Crippen molar-refractivity contribution in [3.63, 3.8) is 0 Å². The second-order valence-electron chi connectivity index (χ2n) is 6.10. The van der Waals surface area contributed by atoms with Crippen molar-refractivity contribution in [3.8, 4) is 16.3 Å². The Kier molecular flexibility index (Phi) is 5.32. The molecule has 0 saturated heterocycles. The molecule has 2 aromatic carbocycles. The number of thiazole rings is 1. The summed E-state index contributed by atoms with van der Waals surface area (Å²) in [5.41, 5.74) is 1.34. The molecule has 0 spiro atoms. The lowest BCUT2D eigenvalue weighted by Crippen LogP contribution is -2.03. The number of phenolic OH excluding ortho intramolecular Hbond substituents is 1. The number of halogens is 3. The van der Waals surface area contributed by atoms with Crippen LogP contribution in [0.3, 0.4) is 0 Å². The van der Waals surface area contributed by atoms with Gasteiger partial charge in [0.15, 0.2) is 5.78 Å². The fourth-order valence-corrected chi connectivity index (χ4v) is 3.65. The summed E-state index contributed by atoms with van der Waals surface area (Å²) < 4.78 is 38.0. The Bertz CT molecular complexity index is 945. The molecule has 0 saturated carbocycles. The van der Waals surface area contributed by atoms with E-state index >= 15 is 0 Å². The molecule has 0 amide bonds. The van der Waals surface area contributed by atoms with E-state index in [9.17, 15) is 23.1 Å². The quantitative estimate of drug-likeness (QED) is 0.571. The lowest BCUT2D eigenvalue weighted by molar-refractivity contribution is -0.137. The van der Waals surface area contributed by atoms with Gasteiger partial charge >= 0.3 is 6.18 Å². The molecule has 7 heteroatoms. The molecule has 1 heterocycles. The number of phenols is 1. The van der Waals surface area contributed by atoms with Gasteiger partial charge in [0.05, 0.1) is 16.1 Å². The Balaban J connectivity index is 1.73. The molecule has 0 aliphatic carbocycles. The van der Waals surface area contributed by atoms with Crippen LogP contribution in [-0.2, 0) is 12.6 Å². The number of hydrogen-bond acceptors (Lipinski definition) is 4. The van der Waals surface area contributed by atoms with Crippen LogP contribution >= 0.6 is 11.3 Å². The maximum atomic E-state index is 12.7. The van der Waals surface area contributed by atoms with Gasteiger partial charge in [0.2, 0.25) is 0 Å². The number of hydrogen-bond donors (Lipinski definition) is 1. The average molecular weight is 391 g/mol. The summed E-state index contributed by atoms with van der Waals surface area (Å²) in [4.78, 5) is 17.4. The Hall–Kier alpha value is -2.67. The molecule has 27 heavy (non-hydrogen) atoms. The number of alkyl halides is 3. The molecule has 3 aromatic rings. The topological polar surface area (TPSA) is 50.2 Å². The highest BCUT2D eigenvalue weighted by atomic mass is 32.1. The van der Waals surface area contributed by atoms with E-state index in [0.29, 0.717) is 34.0 Å². The number of ketones is 1. The molecular weight excluding hydrogens is 375 g/mol. The van der Waals surface area contributed by atoms with Crippen molar-refractivity contribution in [2.45, 2.75) is 25.9 Å². The van der Waals surface area contributed by atoms with E-state index in [4.69, 9.17) is 0 Å². The van der Waals surface area contributed by atoms with Crippen molar-refractivity contribution in [1.82, 2.24) is 4.98 Å². The Labute approximate surface area is 158 Å². The molecule has 1 aromatic heterocycles. The van der Waals surface area contributed by atoms with Crippen LogP contribution in [0.4, 0.5) is 13.2 Å². The predicted octanol–water partition coefficient (Wildman–Crippen LogP) is 5.66. The highest BCUT2D eigenvalue weighted by molar-refractivity contribution is 7.17. The number of benzene rings is 2. The van der Waals surface area contributed by atoms with E-state index in [1.54, 1.807) is 31.2 Å². The minimum atomic E-state index is -4.38. The molecule has 3 nitrogen and oxygen atoms in total. The summed E-state index contributed by atoms with van der Waals surface area (Å²) in [6, 6.07) is 11.4. The third-order valence-electron chi connectivity index (χ3n) is 4.09. The fraction of sp³-hybridized carbons (Fsp3) is 0.200. The highest BCUT2D eigenvalue weighted by Gasteiger charge is 2.30. The first-order valence-electron chi connectivity index (χ1n) is 8.20. The largest absolute Gasteiger partial charge is 0.508 e. The third-order valence-corrected chi connectivity index (χ3v) is 5.33. The standard InChI is InChI=1S/C20H16F3NO2S/c1-12-18(17(26)11-4-13-2-9-16(25)10-3-13)27-19(24-12)14-5-7-15(8-6-14)20(21,22)23/h2-3,5-10,25H,4,11H2,1H3. The van der Waals surface area contributed by atoms with E-state index in [-0.39, 0.29) is 11.5 Å². The summed E-state index contributed by atoms with van der Waals surface area (Å²) in [5, 5.41) is 9.81. The smallest absolute Gasteiger partial charge is 0.416 e. The van der Waals surface area contributed by atoms with Crippen LogP contribution < -0.4 is 0 Å². The number of rotatable bonds is 5. The number of carbonyl (C=O) groups excluding carboxylic acids is 1. The van der Waals surface area contributed by atoms with Gasteiger partial charge in [0.1, 0.15) is 10.8 Å². The summed E-state index contributed by atoms with van der Waals surface area (Å²) >= 11 is 1.19. The Morgan fingerprint density at radius 1 is 1.07 bits per heavy atom. The SMILES string of the molecule is Cc1nc(-c2ccc(C(F)(F)F)cc2)sc1C(=O)CCc1ccc(O)cc1. The van der Waals surface area contributed by atoms with E-state index in [1.807, 2.05) is 0 Å². The van der Waals surface area contributed by atoms with Crippen LogP contribution in [-0.4, -0.2) is 15.9 Å². The lowest BCUT2D eigenvalue weighted by atomic mass is 10.1. The molecule has 1 N–H and O–H groups in total. The number of Topliss-reactive ketones (excluding diaryl/α,β-unsaturated/α-hetero) is 1. The summed E-state index contributed by atoms with van der Waals surface area (Å²) in [6.07, 6.45) is -3.56. The molecule has 3 rings (SSSR count). The second kappa shape index (κ2) is 7.52. The molecule has 0 aliphatic rings. The Morgan fingerprint density at radius 2 is 1.70 bits per heavy atom. The monoisotopic (exact) mass is 391 g/mol. The number of nitrogens with zero attached hydrogens (tertiary/aromatic N) is 1. The first-order valence-corrected chi connectivity index (χ1v) is 9.02. The predicted molar refractivity (Wildman–Crippen MR) is 98.0 cm³/mol. The van der Waals surface area contributed by atoms with Crippen molar-refractivity contribution >= 4 is 17.1 Å². The van der Waals surface area contributed by atoms with Crippen molar-refractivity contribution < 1.29 is 23.1 Å². The van der Waals surface area contributed by atoms with Gasteiger partial charge in [-0.05, 0) is 43.2 Å². The number of aromatic nitrogens is 1. The van der Waals surface area contributed by atoms with E-state index in [0.717, 1.165) is 17.7 Å². The van der Waals surface area contributed by atoms with E-state index < -0.39 is 11.7 Å². The molecule has 0 fully saturated rings. The molecule has 0 bridgehead atoms. The first kappa shape index (κ1) is 19.1. The summed E-state index contributed by atoms with van der Waals surface area (Å²) in [7, 11) is 0. The normalized spacial score (nSPS) is 11.6.